The van der Waals surface area contributed by atoms with E-state index in [2.05, 4.69) is 5.32 Å². The van der Waals surface area contributed by atoms with E-state index in [1.807, 2.05) is 5.32 Å². The lowest BCUT2D eigenvalue weighted by atomic mass is 10.2. The van der Waals surface area contributed by atoms with Crippen LogP contribution in [0.3, 0.4) is 0 Å². The van der Waals surface area contributed by atoms with Gasteiger partial charge in [-0.25, -0.2) is 17.6 Å². The smallest absolute Gasteiger partial charge is 0.241 e. The van der Waals surface area contributed by atoms with Gasteiger partial charge < -0.3 is 10.6 Å². The van der Waals surface area contributed by atoms with Crippen molar-refractivity contribution in [1.29, 1.82) is 0 Å². The van der Waals surface area contributed by atoms with Gasteiger partial charge in [-0.1, -0.05) is 0 Å². The molecular weight excluding hydrogens is 252 g/mol. The molecule has 1 fully saturated rings. The number of rotatable bonds is 2. The van der Waals surface area contributed by atoms with Gasteiger partial charge in [0.1, 0.15) is 5.69 Å². The Balaban J connectivity index is 2.25. The second-order valence-electron chi connectivity index (χ2n) is 3.98. The molecule has 1 aliphatic heterocycles. The lowest BCUT2D eigenvalue weighted by molar-refractivity contribution is -0.117. The first kappa shape index (κ1) is 12.8. The topological polar surface area (TPSA) is 41.1 Å². The van der Waals surface area contributed by atoms with Crippen molar-refractivity contribution in [2.24, 2.45) is 0 Å². The van der Waals surface area contributed by atoms with Crippen molar-refractivity contribution in [3.63, 3.8) is 0 Å². The van der Waals surface area contributed by atoms with Crippen LogP contribution in [0.2, 0.25) is 0 Å². The van der Waals surface area contributed by atoms with Crippen LogP contribution in [0.4, 0.5) is 23.2 Å². The molecule has 0 saturated carbocycles. The average molecular weight is 262 g/mol. The second-order valence-corrected chi connectivity index (χ2v) is 3.98. The third-order valence-electron chi connectivity index (χ3n) is 2.74. The molecule has 0 bridgehead atoms. The summed E-state index contributed by atoms with van der Waals surface area (Å²) < 4.78 is 52.3. The standard InChI is InChI=1S/C11H10F4N2O/c12-5-4-6(13)9(15)10(8(5)14)17-11(18)7-2-1-3-16-7/h4,7,16H,1-3H2,(H,17,18)/t7-/m0/s1. The van der Waals surface area contributed by atoms with Crippen LogP contribution in [0, 0.1) is 23.3 Å². The number of carbonyl (C=O) groups is 1. The van der Waals surface area contributed by atoms with Crippen molar-refractivity contribution < 1.29 is 22.4 Å². The van der Waals surface area contributed by atoms with Gasteiger partial charge in [0, 0.05) is 6.07 Å². The maximum atomic E-state index is 13.3. The third kappa shape index (κ3) is 2.31. The summed E-state index contributed by atoms with van der Waals surface area (Å²) in [7, 11) is 0. The highest BCUT2D eigenvalue weighted by atomic mass is 19.2. The van der Waals surface area contributed by atoms with E-state index in [0.717, 1.165) is 6.42 Å². The Bertz CT molecular complexity index is 460. The fourth-order valence-corrected chi connectivity index (χ4v) is 1.80. The van der Waals surface area contributed by atoms with Gasteiger partial charge in [0.05, 0.1) is 6.04 Å². The van der Waals surface area contributed by atoms with Crippen molar-refractivity contribution in [3.05, 3.63) is 29.3 Å². The van der Waals surface area contributed by atoms with Gasteiger partial charge in [-0.2, -0.15) is 0 Å². The molecule has 0 spiro atoms. The fraction of sp³-hybridized carbons (Fsp3) is 0.364. The van der Waals surface area contributed by atoms with E-state index in [1.54, 1.807) is 0 Å². The van der Waals surface area contributed by atoms with E-state index in [1.165, 1.54) is 0 Å². The first-order valence-electron chi connectivity index (χ1n) is 5.38. The minimum absolute atomic E-state index is 0.0914. The van der Waals surface area contributed by atoms with E-state index in [4.69, 9.17) is 0 Å². The Hall–Kier alpha value is -1.63. The Morgan fingerprint density at radius 1 is 1.22 bits per heavy atom. The number of hydrogen-bond acceptors (Lipinski definition) is 2. The first-order valence-corrected chi connectivity index (χ1v) is 5.38. The number of carbonyl (C=O) groups excluding carboxylic acids is 1. The van der Waals surface area contributed by atoms with Crippen LogP contribution in [-0.4, -0.2) is 18.5 Å². The summed E-state index contributed by atoms with van der Waals surface area (Å²) in [6, 6.07) is -0.510. The Kier molecular flexibility index (Phi) is 3.51. The number of benzene rings is 1. The minimum Gasteiger partial charge on any atom is -0.320 e. The largest absolute Gasteiger partial charge is 0.320 e. The Morgan fingerprint density at radius 2 is 1.83 bits per heavy atom. The maximum absolute atomic E-state index is 13.3. The zero-order valence-electron chi connectivity index (χ0n) is 9.20. The van der Waals surface area contributed by atoms with E-state index in [9.17, 15) is 22.4 Å². The highest BCUT2D eigenvalue weighted by Crippen LogP contribution is 2.24. The molecule has 0 radical (unpaired) electrons. The number of halogens is 4. The summed E-state index contributed by atoms with van der Waals surface area (Å²) >= 11 is 0. The molecule has 1 saturated heterocycles. The van der Waals surface area contributed by atoms with E-state index in [-0.39, 0.29) is 6.07 Å². The van der Waals surface area contributed by atoms with Crippen LogP contribution in [0.5, 0.6) is 0 Å². The zero-order valence-corrected chi connectivity index (χ0v) is 9.20. The molecule has 1 aromatic carbocycles. The molecule has 18 heavy (non-hydrogen) atoms. The summed E-state index contributed by atoms with van der Waals surface area (Å²) in [4.78, 5) is 11.6. The normalized spacial score (nSPS) is 19.0. The maximum Gasteiger partial charge on any atom is 0.241 e. The van der Waals surface area contributed by atoms with Gasteiger partial charge in [-0.05, 0) is 19.4 Å². The predicted molar refractivity (Wildman–Crippen MR) is 55.9 cm³/mol. The van der Waals surface area contributed by atoms with Gasteiger partial charge in [0.25, 0.3) is 0 Å². The molecule has 1 aliphatic rings. The van der Waals surface area contributed by atoms with Crippen LogP contribution >= 0.6 is 0 Å². The Labute approximate surface area is 100 Å². The van der Waals surface area contributed by atoms with Gasteiger partial charge in [-0.15, -0.1) is 0 Å². The highest BCUT2D eigenvalue weighted by Gasteiger charge is 2.26. The van der Waals surface area contributed by atoms with Crippen molar-refractivity contribution in [1.82, 2.24) is 5.32 Å². The molecular formula is C11H10F4N2O. The van der Waals surface area contributed by atoms with Crippen molar-refractivity contribution in [2.75, 3.05) is 11.9 Å². The van der Waals surface area contributed by atoms with Crippen molar-refractivity contribution >= 4 is 11.6 Å². The van der Waals surface area contributed by atoms with E-state index < -0.39 is 40.9 Å². The van der Waals surface area contributed by atoms with Crippen LogP contribution in [0.1, 0.15) is 12.8 Å². The Morgan fingerprint density at radius 3 is 2.33 bits per heavy atom. The number of hydrogen-bond donors (Lipinski definition) is 2. The molecule has 1 aromatic rings. The van der Waals surface area contributed by atoms with Gasteiger partial charge >= 0.3 is 0 Å². The molecule has 0 aromatic heterocycles. The summed E-state index contributed by atoms with van der Waals surface area (Å²) in [6.45, 7) is 0.612. The fourth-order valence-electron chi connectivity index (χ4n) is 1.80. The average Bonchev–Trinajstić information content (AvgIpc) is 2.85. The third-order valence-corrected chi connectivity index (χ3v) is 2.74. The van der Waals surface area contributed by atoms with E-state index in [0.29, 0.717) is 13.0 Å². The summed E-state index contributed by atoms with van der Waals surface area (Å²) in [5, 5.41) is 4.67. The molecule has 1 atom stereocenters. The van der Waals surface area contributed by atoms with Crippen LogP contribution in [0.25, 0.3) is 0 Å². The SMILES string of the molecule is O=C(Nc1c(F)c(F)cc(F)c1F)[C@@H]1CCCN1. The van der Waals surface area contributed by atoms with E-state index >= 15 is 0 Å². The molecule has 1 amide bonds. The number of anilines is 1. The molecule has 2 rings (SSSR count). The second kappa shape index (κ2) is 4.93. The highest BCUT2D eigenvalue weighted by molar-refractivity contribution is 5.95. The predicted octanol–water partition coefficient (Wildman–Crippen LogP) is 1.93. The minimum atomic E-state index is -1.61. The number of amides is 1. The molecule has 2 N–H and O–H groups in total. The molecule has 3 nitrogen and oxygen atoms in total. The summed E-state index contributed by atoms with van der Waals surface area (Å²) in [5.74, 6) is -7.04. The summed E-state index contributed by atoms with van der Waals surface area (Å²) in [6.07, 6.45) is 1.26. The van der Waals surface area contributed by atoms with Crippen LogP contribution in [0.15, 0.2) is 6.07 Å². The lowest BCUT2D eigenvalue weighted by Crippen LogP contribution is -2.36. The van der Waals surface area contributed by atoms with Crippen LogP contribution in [-0.2, 0) is 4.79 Å². The quantitative estimate of drug-likeness (QED) is 0.631. The zero-order chi connectivity index (χ0) is 13.3. The first-order chi connectivity index (χ1) is 8.50. The molecule has 1 heterocycles. The lowest BCUT2D eigenvalue weighted by Gasteiger charge is -2.12. The monoisotopic (exact) mass is 262 g/mol. The molecule has 98 valence electrons. The molecule has 0 unspecified atom stereocenters. The summed E-state index contributed by atoms with van der Waals surface area (Å²) in [5.41, 5.74) is -1.09. The number of nitrogens with one attached hydrogen (secondary N) is 2. The molecule has 7 heteroatoms. The molecule has 0 aliphatic carbocycles. The van der Waals surface area contributed by atoms with Crippen LogP contribution < -0.4 is 10.6 Å². The van der Waals surface area contributed by atoms with Gasteiger partial charge in [0.2, 0.25) is 5.91 Å². The van der Waals surface area contributed by atoms with Crippen molar-refractivity contribution in [3.8, 4) is 0 Å². The van der Waals surface area contributed by atoms with Gasteiger partial charge in [0.15, 0.2) is 23.3 Å². The van der Waals surface area contributed by atoms with Crippen molar-refractivity contribution in [2.45, 2.75) is 18.9 Å². The van der Waals surface area contributed by atoms with Gasteiger partial charge in [-0.3, -0.25) is 4.79 Å².